The number of hydrogen-bond acceptors (Lipinski definition) is 16. The van der Waals surface area contributed by atoms with Crippen molar-refractivity contribution in [2.75, 3.05) is 70.1 Å². The standard InChI is InChI=1S/C38H43ClF2N8O2S.C20H16N2O5.C2H6/c1-23(8-4-3-5-13-44-2)36(50)48-18-16-47(17-19-48)35-25-20-27(39)30(24-9-10-28(40)33-29(24)26(21-42)34(43)52-33)31(41)32(25)45-37(46-35)51-22-38-11-6-14-49(38)15-7-12-38;1-2-10-11-5-9(23)3-4-15(11)21-17-13(10)7-22-16(17)6-12-14(19(22)25)8-27-20(26)18(12)24;1-2/h9-10,20,44H,1,3-8,11-19,22,43H2,2H3;3-6,18,23-24H,2,7-8H2,1H3;1-2H3. The van der Waals surface area contributed by atoms with Gasteiger partial charge in [-0.05, 0) is 126 Å². The fourth-order valence-corrected chi connectivity index (χ4v) is 13.5. The first kappa shape index (κ1) is 57.0. The molecule has 5 aliphatic rings. The number of nitrogens with two attached hydrogens (primary N) is 1. The van der Waals surface area contributed by atoms with Crippen LogP contribution in [0.1, 0.15) is 106 Å². The minimum atomic E-state index is -1.46. The second-order valence-electron chi connectivity index (χ2n) is 20.9. The van der Waals surface area contributed by atoms with E-state index >= 15 is 4.39 Å². The third-order valence-electron chi connectivity index (χ3n) is 16.3. The molecule has 1 amide bonds. The van der Waals surface area contributed by atoms with Crippen LogP contribution < -0.4 is 26.2 Å². The quantitative estimate of drug-likeness (QED) is 0.0479. The number of nitriles is 1. The van der Waals surface area contributed by atoms with Gasteiger partial charge in [-0.1, -0.05) is 51.4 Å². The molecule has 0 spiro atoms. The summed E-state index contributed by atoms with van der Waals surface area (Å²) in [6.07, 6.45) is 7.14. The number of carbonyl (C=O) groups excluding carboxylic acids is 2. The summed E-state index contributed by atoms with van der Waals surface area (Å²) in [5, 5.41) is 34.7. The number of thiophene rings is 1. The molecule has 0 radical (unpaired) electrons. The first-order valence-corrected chi connectivity index (χ1v) is 29.0. The van der Waals surface area contributed by atoms with Crippen molar-refractivity contribution in [2.24, 2.45) is 0 Å². The summed E-state index contributed by atoms with van der Waals surface area (Å²) < 4.78 is 45.0. The molecule has 4 aromatic heterocycles. The van der Waals surface area contributed by atoms with Gasteiger partial charge in [0.2, 0.25) is 5.91 Å². The molecule has 5 N–H and O–H groups in total. The number of cyclic esters (lactones) is 1. The van der Waals surface area contributed by atoms with Crippen molar-refractivity contribution in [1.29, 1.82) is 5.26 Å². The second-order valence-corrected chi connectivity index (χ2v) is 22.3. The molecule has 21 heteroatoms. The molecular formula is C60H65ClF2N10O7S. The molecule has 3 saturated heterocycles. The Morgan fingerprint density at radius 3 is 2.48 bits per heavy atom. The number of aromatic nitrogens is 4. The predicted octanol–water partition coefficient (Wildman–Crippen LogP) is 9.70. The number of unbranched alkanes of at least 4 members (excludes halogenated alkanes) is 2. The van der Waals surface area contributed by atoms with E-state index in [1.807, 2.05) is 37.6 Å². The van der Waals surface area contributed by atoms with Gasteiger partial charge in [0, 0.05) is 64.6 Å². The number of fused-ring (bicyclic) bond motifs is 8. The van der Waals surface area contributed by atoms with E-state index < -0.39 is 23.7 Å². The van der Waals surface area contributed by atoms with Gasteiger partial charge in [0.25, 0.3) is 5.56 Å². The van der Waals surface area contributed by atoms with Crippen LogP contribution in [0.5, 0.6) is 11.8 Å². The molecule has 5 aliphatic heterocycles. The van der Waals surface area contributed by atoms with E-state index in [1.165, 1.54) is 12.1 Å². The molecular weight excluding hydrogens is 1080 g/mol. The number of phenols is 1. The van der Waals surface area contributed by atoms with Gasteiger partial charge in [-0.25, -0.2) is 18.6 Å². The average Bonchev–Trinajstić information content (AvgIpc) is 4.31. The van der Waals surface area contributed by atoms with Crippen molar-refractivity contribution >= 4 is 77.5 Å². The third-order valence-corrected chi connectivity index (χ3v) is 17.6. The summed E-state index contributed by atoms with van der Waals surface area (Å²) in [5.74, 6) is -1.47. The van der Waals surface area contributed by atoms with Gasteiger partial charge in [0.05, 0.1) is 49.8 Å². The van der Waals surface area contributed by atoms with E-state index in [9.17, 15) is 34.2 Å². The van der Waals surface area contributed by atoms with Crippen LogP contribution in [0.4, 0.5) is 19.6 Å². The lowest BCUT2D eigenvalue weighted by molar-refractivity contribution is -0.157. The maximum atomic E-state index is 17.1. The number of nitrogens with one attached hydrogen (secondary N) is 1. The monoisotopic (exact) mass is 1140 g/mol. The lowest BCUT2D eigenvalue weighted by Gasteiger charge is -2.36. The average molecular weight is 1140 g/mol. The molecule has 3 aromatic carbocycles. The largest absolute Gasteiger partial charge is 0.508 e. The van der Waals surface area contributed by atoms with Gasteiger partial charge in [0.1, 0.15) is 47.2 Å². The van der Waals surface area contributed by atoms with E-state index in [-0.39, 0.29) is 77.7 Å². The number of carbonyl (C=O) groups is 2. The molecule has 12 rings (SSSR count). The van der Waals surface area contributed by atoms with Crippen LogP contribution in [-0.2, 0) is 33.9 Å². The number of nitrogens with zero attached hydrogens (tertiary/aromatic N) is 8. The van der Waals surface area contributed by atoms with Gasteiger partial charge in [-0.2, -0.15) is 15.2 Å². The molecule has 7 aromatic rings. The van der Waals surface area contributed by atoms with Crippen molar-refractivity contribution in [3.63, 3.8) is 0 Å². The minimum Gasteiger partial charge on any atom is -0.508 e. The number of aliphatic hydroxyl groups is 1. The minimum absolute atomic E-state index is 0.00376. The van der Waals surface area contributed by atoms with Gasteiger partial charge >= 0.3 is 12.0 Å². The molecule has 3 fully saturated rings. The number of ether oxygens (including phenoxy) is 2. The smallest absolute Gasteiger partial charge is 0.340 e. The second kappa shape index (κ2) is 23.7. The number of hydrogen-bond donors (Lipinski definition) is 4. The first-order valence-electron chi connectivity index (χ1n) is 27.8. The number of aryl methyl sites for hydroxylation is 1. The summed E-state index contributed by atoms with van der Waals surface area (Å²) in [4.78, 5) is 58.4. The predicted molar refractivity (Wildman–Crippen MR) is 311 cm³/mol. The molecule has 1 unspecified atom stereocenters. The van der Waals surface area contributed by atoms with Crippen LogP contribution in [0.3, 0.4) is 0 Å². The Morgan fingerprint density at radius 1 is 1.01 bits per heavy atom. The van der Waals surface area contributed by atoms with Crippen LogP contribution in [0.25, 0.3) is 54.4 Å². The fourth-order valence-electron chi connectivity index (χ4n) is 12.3. The Hall–Kier alpha value is -7.28. The number of pyridine rings is 2. The van der Waals surface area contributed by atoms with Crippen molar-refractivity contribution in [3.05, 3.63) is 109 Å². The number of esters is 1. The van der Waals surface area contributed by atoms with E-state index in [0.29, 0.717) is 85.0 Å². The highest BCUT2D eigenvalue weighted by Crippen LogP contribution is 2.47. The SMILES string of the molecule is C=C(CCCCCNC)C(=O)N1CCN(c2nc(OCC34CCCN3CCC4)nc3c(F)c(-c4ccc(F)c5sc(N)c(C#N)c45)c(Cl)cc23)CC1.CC.CCc1c2c(nc3ccc(O)cc13)-c1cc3c(c(=O)n1C2)COC(=O)C3O. The maximum Gasteiger partial charge on any atom is 0.340 e. The number of piperazine rings is 1. The Labute approximate surface area is 476 Å². The van der Waals surface area contributed by atoms with Crippen LogP contribution in [0.15, 0.2) is 59.4 Å². The zero-order valence-corrected chi connectivity index (χ0v) is 47.5. The number of halogens is 3. The van der Waals surface area contributed by atoms with Gasteiger partial charge in [-0.15, -0.1) is 11.3 Å². The van der Waals surface area contributed by atoms with Crippen LogP contribution >= 0.6 is 22.9 Å². The van der Waals surface area contributed by atoms with Crippen LogP contribution in [-0.4, -0.2) is 116 Å². The van der Waals surface area contributed by atoms with E-state index in [0.717, 1.165) is 104 Å². The normalized spacial score (nSPS) is 16.9. The first-order chi connectivity index (χ1) is 39.1. The zero-order valence-electron chi connectivity index (χ0n) is 45.9. The van der Waals surface area contributed by atoms with Crippen LogP contribution in [0.2, 0.25) is 5.02 Å². The summed E-state index contributed by atoms with van der Waals surface area (Å²) in [6.45, 7) is 15.5. The zero-order chi connectivity index (χ0) is 57.4. The third kappa shape index (κ3) is 10.4. The number of benzene rings is 3. The number of anilines is 2. The number of aromatic hydroxyl groups is 1. The van der Waals surface area contributed by atoms with E-state index in [1.54, 1.807) is 34.9 Å². The highest BCUT2D eigenvalue weighted by molar-refractivity contribution is 7.23. The van der Waals surface area contributed by atoms with Gasteiger partial charge < -0.3 is 45.1 Å². The fraction of sp³-hybridized carbons (Fsp3) is 0.417. The number of nitrogen functional groups attached to an aromatic ring is 1. The molecule has 1 atom stereocenters. The summed E-state index contributed by atoms with van der Waals surface area (Å²) in [5.41, 5.74) is 11.2. The van der Waals surface area contributed by atoms with Gasteiger partial charge in [0.15, 0.2) is 11.9 Å². The summed E-state index contributed by atoms with van der Waals surface area (Å²) in [7, 11) is 1.93. The van der Waals surface area contributed by atoms with Crippen molar-refractivity contribution in [2.45, 2.75) is 103 Å². The van der Waals surface area contributed by atoms with Crippen LogP contribution in [0, 0.1) is 23.0 Å². The summed E-state index contributed by atoms with van der Waals surface area (Å²) in [6, 6.07) is 13.0. The molecule has 0 bridgehead atoms. The Bertz CT molecular complexity index is 3750. The van der Waals surface area contributed by atoms with Crippen molar-refractivity contribution in [1.82, 2.24) is 34.6 Å². The maximum absolute atomic E-state index is 17.1. The van der Waals surface area contributed by atoms with E-state index in [2.05, 4.69) is 27.8 Å². The topological polar surface area (TPSA) is 225 Å². The summed E-state index contributed by atoms with van der Waals surface area (Å²) >= 11 is 7.83. The van der Waals surface area contributed by atoms with Crippen molar-refractivity contribution < 1.29 is 38.1 Å². The Morgan fingerprint density at radius 2 is 1.77 bits per heavy atom. The number of amides is 1. The molecule has 81 heavy (non-hydrogen) atoms. The lowest BCUT2D eigenvalue weighted by Crippen LogP contribution is -2.49. The highest BCUT2D eigenvalue weighted by atomic mass is 35.5. The van der Waals surface area contributed by atoms with Gasteiger partial charge in [-0.3, -0.25) is 14.5 Å². The molecule has 9 heterocycles. The Kier molecular flexibility index (Phi) is 16.6. The molecule has 0 saturated carbocycles. The lowest BCUT2D eigenvalue weighted by atomic mass is 9.95. The number of aliphatic hydroxyl groups excluding tert-OH is 1. The molecule has 0 aliphatic carbocycles. The molecule has 424 valence electrons. The van der Waals surface area contributed by atoms with Crippen molar-refractivity contribution in [3.8, 4) is 40.3 Å². The highest BCUT2D eigenvalue weighted by Gasteiger charge is 2.45. The van der Waals surface area contributed by atoms with E-state index in [4.69, 9.17) is 36.8 Å². The molecule has 17 nitrogen and oxygen atoms in total. The Balaban J connectivity index is 0.000000212. The number of phenolic OH excluding ortho intramolecular Hbond substituents is 1. The number of rotatable bonds is 13.